The van der Waals surface area contributed by atoms with Crippen molar-refractivity contribution in [2.75, 3.05) is 39.9 Å². The second-order valence-corrected chi connectivity index (χ2v) is 6.04. The van der Waals surface area contributed by atoms with Gasteiger partial charge in [0.15, 0.2) is 0 Å². The number of carbonyl (C=O) groups is 1. The number of benzene rings is 1. The molecule has 0 unspecified atom stereocenters. The Balaban J connectivity index is 1.68. The Morgan fingerprint density at radius 1 is 1.20 bits per heavy atom. The second kappa shape index (κ2) is 7.57. The van der Waals surface area contributed by atoms with Crippen LogP contribution in [0.4, 0.5) is 4.79 Å². The summed E-state index contributed by atoms with van der Waals surface area (Å²) in [5.41, 5.74) is 1.40. The number of nitrogens with one attached hydrogen (secondary N) is 1. The number of ether oxygens (including phenoxy) is 2. The number of rotatable bonds is 4. The summed E-state index contributed by atoms with van der Waals surface area (Å²) in [4.78, 5) is 30.9. The van der Waals surface area contributed by atoms with E-state index in [2.05, 4.69) is 9.88 Å². The van der Waals surface area contributed by atoms with Crippen LogP contribution in [-0.4, -0.2) is 60.8 Å². The fourth-order valence-electron chi connectivity index (χ4n) is 3.01. The van der Waals surface area contributed by atoms with Gasteiger partial charge in [0.25, 0.3) is 5.56 Å². The van der Waals surface area contributed by atoms with Gasteiger partial charge < -0.3 is 19.4 Å². The summed E-state index contributed by atoms with van der Waals surface area (Å²) in [6, 6.07) is 7.55. The number of pyridine rings is 1. The van der Waals surface area contributed by atoms with Gasteiger partial charge in [0.05, 0.1) is 19.2 Å². The maximum atomic E-state index is 12.4. The normalized spacial score (nSPS) is 15.4. The van der Waals surface area contributed by atoms with Crippen LogP contribution in [0.2, 0.25) is 0 Å². The number of hydrogen-bond donors (Lipinski definition) is 1. The number of carbonyl (C=O) groups excluding carboxylic acids is 1. The van der Waals surface area contributed by atoms with Gasteiger partial charge in [-0.05, 0) is 30.5 Å². The molecule has 134 valence electrons. The lowest BCUT2D eigenvalue weighted by Crippen LogP contribution is -2.48. The zero-order valence-electron chi connectivity index (χ0n) is 14.6. The summed E-state index contributed by atoms with van der Waals surface area (Å²) in [5, 5.41) is 0.973. The lowest BCUT2D eigenvalue weighted by molar-refractivity contribution is 0.0777. The molecular formula is C18H23N3O4. The number of nitrogens with zero attached hydrogens (tertiary/aromatic N) is 2. The molecule has 1 amide bonds. The zero-order valence-corrected chi connectivity index (χ0v) is 14.6. The number of methoxy groups -OCH3 is 1. The van der Waals surface area contributed by atoms with Gasteiger partial charge in [0, 0.05) is 44.4 Å². The zero-order chi connectivity index (χ0) is 17.8. The molecule has 2 aromatic rings. The Bertz CT molecular complexity index is 810. The highest BCUT2D eigenvalue weighted by atomic mass is 16.6. The average molecular weight is 345 g/mol. The molecule has 3 rings (SSSR count). The third-order valence-electron chi connectivity index (χ3n) is 4.42. The van der Waals surface area contributed by atoms with Crippen LogP contribution in [0.5, 0.6) is 5.75 Å². The van der Waals surface area contributed by atoms with Crippen LogP contribution in [-0.2, 0) is 11.3 Å². The summed E-state index contributed by atoms with van der Waals surface area (Å²) in [5.74, 6) is 0.714. The molecule has 0 aliphatic carbocycles. The molecule has 7 nitrogen and oxygen atoms in total. The molecule has 1 aromatic heterocycles. The van der Waals surface area contributed by atoms with Crippen LogP contribution in [0.3, 0.4) is 0 Å². The second-order valence-electron chi connectivity index (χ2n) is 6.04. The Labute approximate surface area is 146 Å². The summed E-state index contributed by atoms with van der Waals surface area (Å²) < 4.78 is 10.2. The minimum absolute atomic E-state index is 0.0893. The Kier molecular flexibility index (Phi) is 5.23. The minimum Gasteiger partial charge on any atom is -0.497 e. The fraction of sp³-hybridized carbons (Fsp3) is 0.444. The van der Waals surface area contributed by atoms with Gasteiger partial charge in [0.1, 0.15) is 5.75 Å². The monoisotopic (exact) mass is 345 g/mol. The number of aromatic nitrogens is 1. The number of piperazine rings is 1. The van der Waals surface area contributed by atoms with Crippen molar-refractivity contribution in [1.29, 1.82) is 0 Å². The van der Waals surface area contributed by atoms with Gasteiger partial charge in [-0.2, -0.15) is 0 Å². The molecule has 0 spiro atoms. The van der Waals surface area contributed by atoms with E-state index in [1.54, 1.807) is 18.9 Å². The van der Waals surface area contributed by atoms with Crippen LogP contribution in [0, 0.1) is 0 Å². The first-order valence-electron chi connectivity index (χ1n) is 8.44. The molecule has 25 heavy (non-hydrogen) atoms. The van der Waals surface area contributed by atoms with Gasteiger partial charge in [-0.25, -0.2) is 4.79 Å². The standard InChI is InChI=1S/C18H23N3O4/c1-3-25-18(23)21-8-6-20(7-9-21)12-14-10-13-4-5-15(24-2)11-16(13)19-17(14)22/h4-5,10-11H,3,6-9,12H2,1-2H3,(H,19,22). The third-order valence-corrected chi connectivity index (χ3v) is 4.42. The Morgan fingerprint density at radius 3 is 2.64 bits per heavy atom. The molecule has 0 radical (unpaired) electrons. The summed E-state index contributed by atoms with van der Waals surface area (Å²) in [6.45, 7) is 5.42. The van der Waals surface area contributed by atoms with Crippen molar-refractivity contribution >= 4 is 17.0 Å². The summed E-state index contributed by atoms with van der Waals surface area (Å²) >= 11 is 0. The molecule has 0 saturated carbocycles. The molecule has 1 fully saturated rings. The van der Waals surface area contributed by atoms with Crippen molar-refractivity contribution in [3.05, 3.63) is 40.2 Å². The maximum Gasteiger partial charge on any atom is 0.409 e. The molecule has 1 aromatic carbocycles. The summed E-state index contributed by atoms with van der Waals surface area (Å²) in [6.07, 6.45) is -0.264. The number of fused-ring (bicyclic) bond motifs is 1. The predicted octanol–water partition coefficient (Wildman–Crippen LogP) is 1.81. The van der Waals surface area contributed by atoms with Crippen LogP contribution < -0.4 is 10.3 Å². The van der Waals surface area contributed by atoms with Crippen LogP contribution >= 0.6 is 0 Å². The van der Waals surface area contributed by atoms with Gasteiger partial charge >= 0.3 is 6.09 Å². The lowest BCUT2D eigenvalue weighted by atomic mass is 10.1. The molecular weight excluding hydrogens is 322 g/mol. The van der Waals surface area contributed by atoms with E-state index in [4.69, 9.17) is 9.47 Å². The van der Waals surface area contributed by atoms with E-state index in [0.29, 0.717) is 32.0 Å². The number of amides is 1. The van der Waals surface area contributed by atoms with E-state index in [0.717, 1.165) is 29.6 Å². The smallest absolute Gasteiger partial charge is 0.409 e. The molecule has 7 heteroatoms. The van der Waals surface area contributed by atoms with E-state index < -0.39 is 0 Å². The van der Waals surface area contributed by atoms with E-state index in [-0.39, 0.29) is 11.7 Å². The third kappa shape index (κ3) is 3.93. The van der Waals surface area contributed by atoms with Gasteiger partial charge in [-0.3, -0.25) is 9.69 Å². The van der Waals surface area contributed by atoms with Crippen LogP contribution in [0.15, 0.2) is 29.1 Å². The highest BCUT2D eigenvalue weighted by Crippen LogP contribution is 2.19. The van der Waals surface area contributed by atoms with E-state index >= 15 is 0 Å². The van der Waals surface area contributed by atoms with E-state index in [1.807, 2.05) is 24.3 Å². The van der Waals surface area contributed by atoms with E-state index in [1.165, 1.54) is 0 Å². The molecule has 2 heterocycles. The average Bonchev–Trinajstić information content (AvgIpc) is 2.62. The maximum absolute atomic E-state index is 12.4. The highest BCUT2D eigenvalue weighted by molar-refractivity contribution is 5.80. The topological polar surface area (TPSA) is 74.9 Å². The quantitative estimate of drug-likeness (QED) is 0.915. The van der Waals surface area contributed by atoms with Crippen molar-refractivity contribution in [2.45, 2.75) is 13.5 Å². The van der Waals surface area contributed by atoms with Gasteiger partial charge in [-0.15, -0.1) is 0 Å². The molecule has 0 bridgehead atoms. The van der Waals surface area contributed by atoms with E-state index in [9.17, 15) is 9.59 Å². The lowest BCUT2D eigenvalue weighted by Gasteiger charge is -2.33. The van der Waals surface area contributed by atoms with Crippen LogP contribution in [0.25, 0.3) is 10.9 Å². The van der Waals surface area contributed by atoms with Crippen molar-refractivity contribution in [2.24, 2.45) is 0 Å². The van der Waals surface area contributed by atoms with Crippen molar-refractivity contribution in [3.63, 3.8) is 0 Å². The highest BCUT2D eigenvalue weighted by Gasteiger charge is 2.22. The van der Waals surface area contributed by atoms with Crippen molar-refractivity contribution < 1.29 is 14.3 Å². The SMILES string of the molecule is CCOC(=O)N1CCN(Cc2cc3ccc(OC)cc3[nH]c2=O)CC1. The van der Waals surface area contributed by atoms with Crippen molar-refractivity contribution in [3.8, 4) is 5.75 Å². The number of aromatic amines is 1. The first kappa shape index (κ1) is 17.3. The predicted molar refractivity (Wildman–Crippen MR) is 95.0 cm³/mol. The Hall–Kier alpha value is -2.54. The molecule has 1 aliphatic heterocycles. The minimum atomic E-state index is -0.264. The van der Waals surface area contributed by atoms with Gasteiger partial charge in [0.2, 0.25) is 0 Å². The summed E-state index contributed by atoms with van der Waals surface area (Å²) in [7, 11) is 1.60. The first-order valence-corrected chi connectivity index (χ1v) is 8.44. The first-order chi connectivity index (χ1) is 12.1. The Morgan fingerprint density at radius 2 is 1.96 bits per heavy atom. The number of H-pyrrole nitrogens is 1. The number of hydrogen-bond acceptors (Lipinski definition) is 5. The fourth-order valence-corrected chi connectivity index (χ4v) is 3.01. The molecule has 1 aliphatic rings. The molecule has 1 saturated heterocycles. The molecule has 0 atom stereocenters. The van der Waals surface area contributed by atoms with Crippen molar-refractivity contribution in [1.82, 2.24) is 14.8 Å². The van der Waals surface area contributed by atoms with Gasteiger partial charge in [-0.1, -0.05) is 0 Å². The molecule has 1 N–H and O–H groups in total. The van der Waals surface area contributed by atoms with Crippen LogP contribution in [0.1, 0.15) is 12.5 Å². The largest absolute Gasteiger partial charge is 0.497 e.